The standard InChI is InChI=1S/C14H16N2O3/c1-3-13-12(14(17)18)8-15-16(13)9-10-4-6-11(19-2)7-5-10/h4-8H,3,9H2,1-2H3,(H,17,18). The van der Waals surface area contributed by atoms with Crippen molar-refractivity contribution in [1.82, 2.24) is 9.78 Å². The van der Waals surface area contributed by atoms with Gasteiger partial charge in [-0.05, 0) is 24.1 Å². The van der Waals surface area contributed by atoms with Crippen LogP contribution in [0.3, 0.4) is 0 Å². The summed E-state index contributed by atoms with van der Waals surface area (Å²) in [5, 5.41) is 13.2. The molecule has 1 N–H and O–H groups in total. The van der Waals surface area contributed by atoms with Crippen molar-refractivity contribution in [2.24, 2.45) is 0 Å². The van der Waals surface area contributed by atoms with Crippen molar-refractivity contribution in [3.05, 3.63) is 47.3 Å². The van der Waals surface area contributed by atoms with Crippen LogP contribution in [-0.4, -0.2) is 28.0 Å². The summed E-state index contributed by atoms with van der Waals surface area (Å²) >= 11 is 0. The normalized spacial score (nSPS) is 10.4. The van der Waals surface area contributed by atoms with Crippen molar-refractivity contribution < 1.29 is 14.6 Å². The van der Waals surface area contributed by atoms with Gasteiger partial charge in [0.25, 0.3) is 0 Å². The van der Waals surface area contributed by atoms with E-state index in [0.717, 1.165) is 17.0 Å². The van der Waals surface area contributed by atoms with Crippen LogP contribution in [-0.2, 0) is 13.0 Å². The van der Waals surface area contributed by atoms with E-state index in [0.29, 0.717) is 13.0 Å². The fourth-order valence-electron chi connectivity index (χ4n) is 2.00. The van der Waals surface area contributed by atoms with Crippen LogP contribution in [0, 0.1) is 0 Å². The van der Waals surface area contributed by atoms with Crippen molar-refractivity contribution in [2.75, 3.05) is 7.11 Å². The number of ether oxygens (including phenoxy) is 1. The summed E-state index contributed by atoms with van der Waals surface area (Å²) in [5.74, 6) is -0.135. The van der Waals surface area contributed by atoms with Gasteiger partial charge in [-0.3, -0.25) is 4.68 Å². The number of carboxylic acid groups (broad SMARTS) is 1. The van der Waals surface area contributed by atoms with Gasteiger partial charge in [0.15, 0.2) is 0 Å². The first-order valence-corrected chi connectivity index (χ1v) is 6.06. The third kappa shape index (κ3) is 2.76. The molecule has 5 heteroatoms. The minimum atomic E-state index is -0.933. The average molecular weight is 260 g/mol. The number of benzene rings is 1. The lowest BCUT2D eigenvalue weighted by molar-refractivity contribution is 0.0695. The lowest BCUT2D eigenvalue weighted by Crippen LogP contribution is -2.08. The van der Waals surface area contributed by atoms with Crippen LogP contribution in [0.4, 0.5) is 0 Å². The van der Waals surface area contributed by atoms with Crippen LogP contribution in [0.1, 0.15) is 28.5 Å². The van der Waals surface area contributed by atoms with E-state index in [-0.39, 0.29) is 5.56 Å². The number of nitrogens with zero attached hydrogens (tertiary/aromatic N) is 2. The van der Waals surface area contributed by atoms with Crippen LogP contribution in [0.25, 0.3) is 0 Å². The molecule has 0 saturated carbocycles. The molecule has 0 spiro atoms. The molecule has 1 heterocycles. The monoisotopic (exact) mass is 260 g/mol. The molecular formula is C14H16N2O3. The molecule has 2 aromatic rings. The molecule has 5 nitrogen and oxygen atoms in total. The van der Waals surface area contributed by atoms with Gasteiger partial charge in [0.05, 0.1) is 25.5 Å². The zero-order chi connectivity index (χ0) is 13.8. The smallest absolute Gasteiger partial charge is 0.339 e. The molecule has 2 rings (SSSR count). The Bertz CT molecular complexity index is 573. The first-order valence-electron chi connectivity index (χ1n) is 6.06. The van der Waals surface area contributed by atoms with Gasteiger partial charge in [-0.25, -0.2) is 4.79 Å². The van der Waals surface area contributed by atoms with Gasteiger partial charge in [0.1, 0.15) is 11.3 Å². The molecule has 0 aliphatic heterocycles. The van der Waals surface area contributed by atoms with E-state index in [4.69, 9.17) is 9.84 Å². The van der Waals surface area contributed by atoms with Gasteiger partial charge in [-0.2, -0.15) is 5.10 Å². The maximum atomic E-state index is 11.1. The lowest BCUT2D eigenvalue weighted by atomic mass is 10.2. The Morgan fingerprint density at radius 2 is 2.05 bits per heavy atom. The first kappa shape index (κ1) is 13.1. The number of aromatic carboxylic acids is 1. The molecule has 0 atom stereocenters. The fraction of sp³-hybridized carbons (Fsp3) is 0.286. The largest absolute Gasteiger partial charge is 0.497 e. The summed E-state index contributed by atoms with van der Waals surface area (Å²) in [5.41, 5.74) is 2.06. The number of rotatable bonds is 5. The molecule has 19 heavy (non-hydrogen) atoms. The zero-order valence-corrected chi connectivity index (χ0v) is 11.0. The molecule has 0 amide bonds. The van der Waals surface area contributed by atoms with E-state index in [1.807, 2.05) is 31.2 Å². The van der Waals surface area contributed by atoms with E-state index in [1.165, 1.54) is 6.20 Å². The predicted octanol–water partition coefficient (Wildman–Crippen LogP) is 2.20. The first-order chi connectivity index (χ1) is 9.15. The molecule has 0 saturated heterocycles. The van der Waals surface area contributed by atoms with Gasteiger partial charge < -0.3 is 9.84 Å². The molecule has 0 unspecified atom stereocenters. The highest BCUT2D eigenvalue weighted by molar-refractivity contribution is 5.88. The summed E-state index contributed by atoms with van der Waals surface area (Å²) in [7, 11) is 1.62. The topological polar surface area (TPSA) is 64.3 Å². The molecule has 1 aromatic carbocycles. The third-order valence-corrected chi connectivity index (χ3v) is 3.01. The van der Waals surface area contributed by atoms with Crippen molar-refractivity contribution in [3.8, 4) is 5.75 Å². The minimum absolute atomic E-state index is 0.274. The Morgan fingerprint density at radius 3 is 2.58 bits per heavy atom. The van der Waals surface area contributed by atoms with Gasteiger partial charge in [-0.15, -0.1) is 0 Å². The Kier molecular flexibility index (Phi) is 3.85. The zero-order valence-electron chi connectivity index (χ0n) is 11.0. The van der Waals surface area contributed by atoms with Gasteiger partial charge >= 0.3 is 5.97 Å². The number of methoxy groups -OCH3 is 1. The summed E-state index contributed by atoms with van der Waals surface area (Å²) in [6.07, 6.45) is 2.04. The Hall–Kier alpha value is -2.30. The third-order valence-electron chi connectivity index (χ3n) is 3.01. The number of hydrogen-bond acceptors (Lipinski definition) is 3. The molecule has 0 aliphatic carbocycles. The molecular weight excluding hydrogens is 244 g/mol. The summed E-state index contributed by atoms with van der Waals surface area (Å²) in [6.45, 7) is 2.48. The predicted molar refractivity (Wildman–Crippen MR) is 70.7 cm³/mol. The van der Waals surface area contributed by atoms with E-state index in [1.54, 1.807) is 11.8 Å². The van der Waals surface area contributed by atoms with Gasteiger partial charge in [0, 0.05) is 0 Å². The maximum absolute atomic E-state index is 11.1. The number of carbonyl (C=O) groups is 1. The van der Waals surface area contributed by atoms with Gasteiger partial charge in [0.2, 0.25) is 0 Å². The van der Waals surface area contributed by atoms with Crippen LogP contribution >= 0.6 is 0 Å². The minimum Gasteiger partial charge on any atom is -0.497 e. The average Bonchev–Trinajstić information content (AvgIpc) is 2.82. The second kappa shape index (κ2) is 5.56. The van der Waals surface area contributed by atoms with Crippen LogP contribution < -0.4 is 4.74 Å². The van der Waals surface area contributed by atoms with E-state index >= 15 is 0 Å². The fourth-order valence-corrected chi connectivity index (χ4v) is 2.00. The summed E-state index contributed by atoms with van der Waals surface area (Å²) in [6, 6.07) is 7.64. The second-order valence-electron chi connectivity index (χ2n) is 4.17. The second-order valence-corrected chi connectivity index (χ2v) is 4.17. The van der Waals surface area contributed by atoms with Crippen molar-refractivity contribution >= 4 is 5.97 Å². The number of aromatic nitrogens is 2. The van der Waals surface area contributed by atoms with Crippen LogP contribution in [0.15, 0.2) is 30.5 Å². The van der Waals surface area contributed by atoms with E-state index in [2.05, 4.69) is 5.10 Å². The molecule has 1 aromatic heterocycles. The van der Waals surface area contributed by atoms with Crippen LogP contribution in [0.2, 0.25) is 0 Å². The summed E-state index contributed by atoms with van der Waals surface area (Å²) in [4.78, 5) is 11.1. The van der Waals surface area contributed by atoms with Crippen molar-refractivity contribution in [3.63, 3.8) is 0 Å². The van der Waals surface area contributed by atoms with Gasteiger partial charge in [-0.1, -0.05) is 19.1 Å². The number of hydrogen-bond donors (Lipinski definition) is 1. The molecule has 0 aliphatic rings. The van der Waals surface area contributed by atoms with Crippen molar-refractivity contribution in [1.29, 1.82) is 0 Å². The highest BCUT2D eigenvalue weighted by Crippen LogP contribution is 2.15. The van der Waals surface area contributed by atoms with Crippen molar-refractivity contribution in [2.45, 2.75) is 19.9 Å². The quantitative estimate of drug-likeness (QED) is 0.895. The summed E-state index contributed by atoms with van der Waals surface area (Å²) < 4.78 is 6.83. The number of carboxylic acids is 1. The van der Waals surface area contributed by atoms with E-state index in [9.17, 15) is 4.79 Å². The molecule has 100 valence electrons. The lowest BCUT2D eigenvalue weighted by Gasteiger charge is -2.07. The van der Waals surface area contributed by atoms with Crippen LogP contribution in [0.5, 0.6) is 5.75 Å². The van der Waals surface area contributed by atoms with E-state index < -0.39 is 5.97 Å². The molecule has 0 fully saturated rings. The Balaban J connectivity index is 2.25. The SMILES string of the molecule is CCc1c(C(=O)O)cnn1Cc1ccc(OC)cc1. The highest BCUT2D eigenvalue weighted by atomic mass is 16.5. The maximum Gasteiger partial charge on any atom is 0.339 e. The Labute approximate surface area is 111 Å². The highest BCUT2D eigenvalue weighted by Gasteiger charge is 2.14. The Morgan fingerprint density at radius 1 is 1.37 bits per heavy atom. The molecule has 0 radical (unpaired) electrons. The molecule has 0 bridgehead atoms.